The molecule has 0 aromatic heterocycles. The van der Waals surface area contributed by atoms with Crippen molar-refractivity contribution in [2.45, 2.75) is 16.3 Å². The van der Waals surface area contributed by atoms with Crippen LogP contribution < -0.4 is 9.46 Å². The second-order valence-corrected chi connectivity index (χ2v) is 9.40. The fourth-order valence-corrected chi connectivity index (χ4v) is 4.48. The third kappa shape index (κ3) is 5.59. The van der Waals surface area contributed by atoms with Gasteiger partial charge in [-0.1, -0.05) is 24.3 Å². The van der Waals surface area contributed by atoms with Crippen molar-refractivity contribution < 1.29 is 17.9 Å². The summed E-state index contributed by atoms with van der Waals surface area (Å²) in [5, 5.41) is 0. The summed E-state index contributed by atoms with van der Waals surface area (Å²) in [6.07, 6.45) is 2.01. The molecule has 0 aliphatic carbocycles. The number of hydrogen-bond acceptors (Lipinski definition) is 5. The first-order valence-corrected chi connectivity index (χ1v) is 12.2. The summed E-state index contributed by atoms with van der Waals surface area (Å²) >= 11 is 1.66. The number of amides is 1. The van der Waals surface area contributed by atoms with E-state index < -0.39 is 10.0 Å². The predicted octanol–water partition coefficient (Wildman–Crippen LogP) is 4.49. The van der Waals surface area contributed by atoms with E-state index in [1.54, 1.807) is 48.0 Å². The van der Waals surface area contributed by atoms with Gasteiger partial charge in [-0.15, -0.1) is 11.8 Å². The van der Waals surface area contributed by atoms with Gasteiger partial charge in [0, 0.05) is 24.1 Å². The molecule has 0 heterocycles. The van der Waals surface area contributed by atoms with Gasteiger partial charge in [0.1, 0.15) is 5.75 Å². The van der Waals surface area contributed by atoms with Crippen LogP contribution in [0.4, 0.5) is 5.69 Å². The van der Waals surface area contributed by atoms with E-state index in [1.165, 1.54) is 31.4 Å². The third-order valence-electron chi connectivity index (χ3n) is 4.69. The van der Waals surface area contributed by atoms with Gasteiger partial charge < -0.3 is 9.64 Å². The normalized spacial score (nSPS) is 11.1. The average molecular weight is 457 g/mol. The highest BCUT2D eigenvalue weighted by molar-refractivity contribution is 7.98. The van der Waals surface area contributed by atoms with E-state index in [-0.39, 0.29) is 10.8 Å². The number of carbonyl (C=O) groups is 1. The molecule has 3 aromatic carbocycles. The summed E-state index contributed by atoms with van der Waals surface area (Å²) in [6.45, 7) is 0.461. The van der Waals surface area contributed by atoms with Crippen molar-refractivity contribution in [2.75, 3.05) is 25.1 Å². The van der Waals surface area contributed by atoms with Gasteiger partial charge in [-0.25, -0.2) is 8.42 Å². The topological polar surface area (TPSA) is 75.7 Å². The number of para-hydroxylation sites is 2. The van der Waals surface area contributed by atoms with Crippen molar-refractivity contribution in [3.63, 3.8) is 0 Å². The number of benzene rings is 3. The molecule has 1 N–H and O–H groups in total. The average Bonchev–Trinajstić information content (AvgIpc) is 2.79. The van der Waals surface area contributed by atoms with Crippen LogP contribution in [0.1, 0.15) is 15.9 Å². The molecule has 0 saturated carbocycles. The minimum absolute atomic E-state index is 0.0604. The lowest BCUT2D eigenvalue weighted by Crippen LogP contribution is -2.26. The van der Waals surface area contributed by atoms with Crippen LogP contribution in [0.15, 0.2) is 82.6 Å². The van der Waals surface area contributed by atoms with Crippen LogP contribution in [0.5, 0.6) is 5.75 Å². The van der Waals surface area contributed by atoms with Gasteiger partial charge in [-0.2, -0.15) is 0 Å². The van der Waals surface area contributed by atoms with Gasteiger partial charge in [0.2, 0.25) is 0 Å². The SMILES string of the molecule is COc1ccccc1NS(=O)(=O)c1ccc(C(=O)N(C)Cc2ccc(SC)cc2)cc1. The highest BCUT2D eigenvalue weighted by Crippen LogP contribution is 2.26. The molecule has 0 aliphatic heterocycles. The first kappa shape index (κ1) is 22.7. The third-order valence-corrected chi connectivity index (χ3v) is 6.81. The number of thioether (sulfide) groups is 1. The maximum atomic E-state index is 12.7. The summed E-state index contributed by atoms with van der Waals surface area (Å²) in [5.74, 6) is 0.237. The summed E-state index contributed by atoms with van der Waals surface area (Å²) in [7, 11) is -0.626. The van der Waals surface area contributed by atoms with Crippen LogP contribution in [-0.4, -0.2) is 39.6 Å². The summed E-state index contributed by atoms with van der Waals surface area (Å²) < 4.78 is 33.1. The zero-order chi connectivity index (χ0) is 22.4. The Bertz CT molecular complexity index is 1140. The maximum absolute atomic E-state index is 12.7. The molecular weight excluding hydrogens is 432 g/mol. The molecule has 0 spiro atoms. The molecule has 0 unspecified atom stereocenters. The highest BCUT2D eigenvalue weighted by Gasteiger charge is 2.18. The Morgan fingerprint density at radius 2 is 1.65 bits per heavy atom. The smallest absolute Gasteiger partial charge is 0.262 e. The Morgan fingerprint density at radius 1 is 1.00 bits per heavy atom. The monoisotopic (exact) mass is 456 g/mol. The number of nitrogens with zero attached hydrogens (tertiary/aromatic N) is 1. The van der Waals surface area contributed by atoms with Crippen LogP contribution in [0.2, 0.25) is 0 Å². The molecule has 0 aliphatic rings. The van der Waals surface area contributed by atoms with Crippen LogP contribution in [0.3, 0.4) is 0 Å². The minimum Gasteiger partial charge on any atom is -0.495 e. The van der Waals surface area contributed by atoms with E-state index >= 15 is 0 Å². The number of methoxy groups -OCH3 is 1. The van der Waals surface area contributed by atoms with E-state index in [0.29, 0.717) is 23.5 Å². The van der Waals surface area contributed by atoms with Gasteiger partial charge in [-0.05, 0) is 60.4 Å². The quantitative estimate of drug-likeness (QED) is 0.506. The van der Waals surface area contributed by atoms with Gasteiger partial charge in [-0.3, -0.25) is 9.52 Å². The highest BCUT2D eigenvalue weighted by atomic mass is 32.2. The molecule has 31 heavy (non-hydrogen) atoms. The van der Waals surface area contributed by atoms with Gasteiger partial charge in [0.25, 0.3) is 15.9 Å². The van der Waals surface area contributed by atoms with E-state index in [4.69, 9.17) is 4.74 Å². The lowest BCUT2D eigenvalue weighted by Gasteiger charge is -2.18. The molecule has 0 atom stereocenters. The van der Waals surface area contributed by atoms with Crippen molar-refractivity contribution in [1.29, 1.82) is 0 Å². The fourth-order valence-electron chi connectivity index (χ4n) is 3.01. The van der Waals surface area contributed by atoms with Crippen molar-refractivity contribution in [2.24, 2.45) is 0 Å². The van der Waals surface area contributed by atoms with Gasteiger partial charge in [0.05, 0.1) is 17.7 Å². The van der Waals surface area contributed by atoms with Gasteiger partial charge in [0.15, 0.2) is 0 Å². The predicted molar refractivity (Wildman–Crippen MR) is 124 cm³/mol. The number of rotatable bonds is 8. The Labute approximate surface area is 187 Å². The Balaban J connectivity index is 1.71. The number of sulfonamides is 1. The lowest BCUT2D eigenvalue weighted by atomic mass is 10.1. The van der Waals surface area contributed by atoms with E-state index in [1.807, 2.05) is 30.5 Å². The fraction of sp³-hybridized carbons (Fsp3) is 0.174. The van der Waals surface area contributed by atoms with Crippen LogP contribution >= 0.6 is 11.8 Å². The largest absolute Gasteiger partial charge is 0.495 e. The first-order chi connectivity index (χ1) is 14.8. The number of ether oxygens (including phenoxy) is 1. The minimum atomic E-state index is -3.82. The van der Waals surface area contributed by atoms with Crippen molar-refractivity contribution >= 4 is 33.4 Å². The molecular formula is C23H24N2O4S2. The summed E-state index contributed by atoms with van der Waals surface area (Å²) in [4.78, 5) is 15.6. The summed E-state index contributed by atoms with van der Waals surface area (Å²) in [5.41, 5.74) is 1.78. The molecule has 0 saturated heterocycles. The molecule has 0 bridgehead atoms. The van der Waals surface area contributed by atoms with Crippen LogP contribution in [-0.2, 0) is 16.6 Å². The Hall–Kier alpha value is -2.97. The molecule has 3 rings (SSSR count). The molecule has 8 heteroatoms. The number of anilines is 1. The molecule has 1 amide bonds. The van der Waals surface area contributed by atoms with Crippen LogP contribution in [0.25, 0.3) is 0 Å². The van der Waals surface area contributed by atoms with E-state index in [2.05, 4.69) is 4.72 Å². The first-order valence-electron chi connectivity index (χ1n) is 9.48. The molecule has 0 radical (unpaired) electrons. The Morgan fingerprint density at radius 3 is 2.26 bits per heavy atom. The van der Waals surface area contributed by atoms with Crippen molar-refractivity contribution in [3.05, 3.63) is 83.9 Å². The second kappa shape index (κ2) is 9.89. The molecule has 0 fully saturated rings. The number of carbonyl (C=O) groups excluding carboxylic acids is 1. The number of nitrogens with one attached hydrogen (secondary N) is 1. The van der Waals surface area contributed by atoms with Crippen LogP contribution in [0, 0.1) is 0 Å². The van der Waals surface area contributed by atoms with Gasteiger partial charge >= 0.3 is 0 Å². The van der Waals surface area contributed by atoms with Crippen molar-refractivity contribution in [1.82, 2.24) is 4.90 Å². The maximum Gasteiger partial charge on any atom is 0.262 e. The lowest BCUT2D eigenvalue weighted by molar-refractivity contribution is 0.0785. The standard InChI is InChI=1S/C23H24N2O4S2/c1-25(16-17-8-12-19(30-3)13-9-17)23(26)18-10-14-20(15-11-18)31(27,28)24-21-6-4-5-7-22(21)29-2/h4-15,24H,16H2,1-3H3. The molecule has 6 nitrogen and oxygen atoms in total. The molecule has 162 valence electrons. The second-order valence-electron chi connectivity index (χ2n) is 6.84. The number of hydrogen-bond donors (Lipinski definition) is 1. The molecule has 3 aromatic rings. The van der Waals surface area contributed by atoms with E-state index in [9.17, 15) is 13.2 Å². The zero-order valence-electron chi connectivity index (χ0n) is 17.5. The van der Waals surface area contributed by atoms with E-state index in [0.717, 1.165) is 10.5 Å². The summed E-state index contributed by atoms with van der Waals surface area (Å²) in [6, 6.07) is 20.7. The Kier molecular flexibility index (Phi) is 7.25. The van der Waals surface area contributed by atoms with Crippen molar-refractivity contribution in [3.8, 4) is 5.75 Å². The zero-order valence-corrected chi connectivity index (χ0v) is 19.2.